The minimum Gasteiger partial charge on any atom is -0.353 e. The molecule has 1 heterocycles. The van der Waals surface area contributed by atoms with Crippen molar-refractivity contribution < 1.29 is 8.42 Å². The average Bonchev–Trinajstić information content (AvgIpc) is 2.64. The lowest BCUT2D eigenvalue weighted by atomic mass is 10.2. The molecule has 0 radical (unpaired) electrons. The van der Waals surface area contributed by atoms with Crippen LogP contribution in [0.1, 0.15) is 26.1 Å². The fraction of sp³-hybridized carbons (Fsp3) is 0.800. The summed E-state index contributed by atoms with van der Waals surface area (Å²) in [6.45, 7) is 3.93. The molecule has 0 bridgehead atoms. The molecular weight excluding hydrogens is 258 g/mol. The number of sulfone groups is 1. The van der Waals surface area contributed by atoms with E-state index in [-0.39, 0.29) is 17.4 Å². The van der Waals surface area contributed by atoms with Gasteiger partial charge in [-0.1, -0.05) is 20.3 Å². The first-order valence-electron chi connectivity index (χ1n) is 5.54. The average molecular weight is 277 g/mol. The van der Waals surface area contributed by atoms with Gasteiger partial charge in [-0.3, -0.25) is 0 Å². The van der Waals surface area contributed by atoms with E-state index in [0.717, 1.165) is 11.6 Å². The van der Waals surface area contributed by atoms with E-state index in [1.807, 2.05) is 32.8 Å². The van der Waals surface area contributed by atoms with Crippen LogP contribution >= 0.6 is 11.5 Å². The molecule has 0 saturated heterocycles. The number of hydrogen-bond acceptors (Lipinski definition) is 6. The molecule has 0 saturated carbocycles. The molecule has 0 aromatic carbocycles. The summed E-state index contributed by atoms with van der Waals surface area (Å²) in [6, 6.07) is 0. The molecule has 0 N–H and O–H groups in total. The SMILES string of the molecule is CCC(C)CS(=O)(=O)Cc1nsc(N(C)C)n1. The fourth-order valence-electron chi connectivity index (χ4n) is 1.29. The van der Waals surface area contributed by atoms with Gasteiger partial charge in [-0.25, -0.2) is 13.4 Å². The summed E-state index contributed by atoms with van der Waals surface area (Å²) in [7, 11) is 0.623. The van der Waals surface area contributed by atoms with Crippen LogP contribution in [0.2, 0.25) is 0 Å². The molecule has 5 nitrogen and oxygen atoms in total. The Hall–Kier alpha value is -0.690. The van der Waals surface area contributed by atoms with Crippen molar-refractivity contribution in [3.8, 4) is 0 Å². The molecule has 0 fully saturated rings. The molecule has 0 amide bonds. The van der Waals surface area contributed by atoms with Crippen LogP contribution in [0.15, 0.2) is 0 Å². The lowest BCUT2D eigenvalue weighted by molar-refractivity contribution is 0.562. The molecule has 0 aliphatic carbocycles. The lowest BCUT2D eigenvalue weighted by Crippen LogP contribution is -2.16. The molecule has 1 aromatic heterocycles. The van der Waals surface area contributed by atoms with Crippen molar-refractivity contribution in [2.75, 3.05) is 24.7 Å². The van der Waals surface area contributed by atoms with Gasteiger partial charge >= 0.3 is 0 Å². The highest BCUT2D eigenvalue weighted by Gasteiger charge is 2.18. The van der Waals surface area contributed by atoms with E-state index in [1.165, 1.54) is 11.5 Å². The maximum atomic E-state index is 11.9. The smallest absolute Gasteiger partial charge is 0.204 e. The summed E-state index contributed by atoms with van der Waals surface area (Å²) in [4.78, 5) is 6.00. The maximum absolute atomic E-state index is 11.9. The second kappa shape index (κ2) is 5.77. The molecule has 1 unspecified atom stereocenters. The highest BCUT2D eigenvalue weighted by Crippen LogP contribution is 2.16. The van der Waals surface area contributed by atoms with E-state index < -0.39 is 9.84 Å². The van der Waals surface area contributed by atoms with Crippen molar-refractivity contribution in [3.05, 3.63) is 5.82 Å². The Morgan fingerprint density at radius 1 is 1.41 bits per heavy atom. The van der Waals surface area contributed by atoms with Crippen molar-refractivity contribution in [1.29, 1.82) is 0 Å². The zero-order chi connectivity index (χ0) is 13.1. The maximum Gasteiger partial charge on any atom is 0.204 e. The summed E-state index contributed by atoms with van der Waals surface area (Å²) in [5.74, 6) is 0.746. The molecule has 98 valence electrons. The van der Waals surface area contributed by atoms with Gasteiger partial charge in [0, 0.05) is 25.6 Å². The monoisotopic (exact) mass is 277 g/mol. The first-order valence-corrected chi connectivity index (χ1v) is 8.14. The van der Waals surface area contributed by atoms with Gasteiger partial charge in [0.05, 0.1) is 5.75 Å². The van der Waals surface area contributed by atoms with Crippen LogP contribution in [-0.2, 0) is 15.6 Å². The quantitative estimate of drug-likeness (QED) is 0.789. The number of rotatable bonds is 6. The first kappa shape index (κ1) is 14.4. The third-order valence-corrected chi connectivity index (χ3v) is 5.12. The zero-order valence-corrected chi connectivity index (χ0v) is 12.3. The Bertz CT molecular complexity index is 454. The van der Waals surface area contributed by atoms with Gasteiger partial charge in [-0.15, -0.1) is 0 Å². The molecule has 1 atom stereocenters. The summed E-state index contributed by atoms with van der Waals surface area (Å²) in [5.41, 5.74) is 0. The van der Waals surface area contributed by atoms with E-state index >= 15 is 0 Å². The number of nitrogens with zero attached hydrogens (tertiary/aromatic N) is 3. The van der Waals surface area contributed by atoms with Crippen molar-refractivity contribution in [2.24, 2.45) is 5.92 Å². The van der Waals surface area contributed by atoms with Gasteiger partial charge in [-0.2, -0.15) is 4.37 Å². The van der Waals surface area contributed by atoms with Gasteiger partial charge in [0.25, 0.3) is 0 Å². The van der Waals surface area contributed by atoms with Crippen LogP contribution < -0.4 is 4.90 Å². The van der Waals surface area contributed by atoms with Crippen molar-refractivity contribution in [2.45, 2.75) is 26.0 Å². The summed E-state index contributed by atoms with van der Waals surface area (Å²) >= 11 is 1.22. The molecule has 7 heteroatoms. The molecule has 1 aromatic rings. The lowest BCUT2D eigenvalue weighted by Gasteiger charge is -2.08. The highest BCUT2D eigenvalue weighted by molar-refractivity contribution is 7.90. The van der Waals surface area contributed by atoms with Crippen molar-refractivity contribution in [3.63, 3.8) is 0 Å². The van der Waals surface area contributed by atoms with E-state index in [0.29, 0.717) is 5.82 Å². The van der Waals surface area contributed by atoms with E-state index in [4.69, 9.17) is 0 Å². The first-order chi connectivity index (χ1) is 7.84. The Labute approximate surface area is 107 Å². The molecule has 0 spiro atoms. The molecule has 1 rings (SSSR count). The Morgan fingerprint density at radius 3 is 2.53 bits per heavy atom. The van der Waals surface area contributed by atoms with E-state index in [1.54, 1.807) is 0 Å². The fourth-order valence-corrected chi connectivity index (χ4v) is 3.72. The minimum absolute atomic E-state index is 0.0539. The van der Waals surface area contributed by atoms with Crippen LogP contribution in [0.5, 0.6) is 0 Å². The third-order valence-electron chi connectivity index (χ3n) is 2.42. The normalized spacial score (nSPS) is 13.6. The molecule has 0 aliphatic rings. The van der Waals surface area contributed by atoms with Crippen LogP contribution in [-0.4, -0.2) is 37.6 Å². The number of anilines is 1. The molecule has 17 heavy (non-hydrogen) atoms. The Kier molecular flexibility index (Phi) is 4.88. The minimum atomic E-state index is -3.10. The van der Waals surface area contributed by atoms with Gasteiger partial charge in [0.15, 0.2) is 15.7 Å². The standard InChI is InChI=1S/C10H19N3O2S2/c1-5-8(2)6-17(14,15)7-9-11-10(13(3)4)16-12-9/h8H,5-7H2,1-4H3. The second-order valence-corrected chi connectivity index (χ2v) is 7.30. The number of aromatic nitrogens is 2. The Morgan fingerprint density at radius 2 is 2.06 bits per heavy atom. The van der Waals surface area contributed by atoms with Gasteiger partial charge in [0.2, 0.25) is 5.13 Å². The topological polar surface area (TPSA) is 63.2 Å². The van der Waals surface area contributed by atoms with Gasteiger partial charge in [-0.05, 0) is 5.92 Å². The third kappa shape index (κ3) is 4.59. The Balaban J connectivity index is 2.69. The largest absolute Gasteiger partial charge is 0.353 e. The molecule has 0 aliphatic heterocycles. The molecular formula is C10H19N3O2S2. The second-order valence-electron chi connectivity index (χ2n) is 4.46. The summed E-state index contributed by atoms with van der Waals surface area (Å²) in [6.07, 6.45) is 0.868. The van der Waals surface area contributed by atoms with Crippen LogP contribution in [0.25, 0.3) is 0 Å². The van der Waals surface area contributed by atoms with Crippen LogP contribution in [0, 0.1) is 5.92 Å². The highest BCUT2D eigenvalue weighted by atomic mass is 32.2. The predicted molar refractivity (Wildman–Crippen MR) is 71.2 cm³/mol. The van der Waals surface area contributed by atoms with E-state index in [9.17, 15) is 8.42 Å². The zero-order valence-electron chi connectivity index (χ0n) is 10.7. The number of hydrogen-bond donors (Lipinski definition) is 0. The van der Waals surface area contributed by atoms with Gasteiger partial charge < -0.3 is 4.90 Å². The van der Waals surface area contributed by atoms with Gasteiger partial charge in [0.1, 0.15) is 5.75 Å². The van der Waals surface area contributed by atoms with Crippen molar-refractivity contribution in [1.82, 2.24) is 9.36 Å². The summed E-state index contributed by atoms with van der Waals surface area (Å²) in [5, 5.41) is 0.735. The van der Waals surface area contributed by atoms with E-state index in [2.05, 4.69) is 9.36 Å². The van der Waals surface area contributed by atoms with Crippen molar-refractivity contribution >= 4 is 26.5 Å². The summed E-state index contributed by atoms with van der Waals surface area (Å²) < 4.78 is 27.8. The van der Waals surface area contributed by atoms with Crippen LogP contribution in [0.4, 0.5) is 5.13 Å². The predicted octanol–water partition coefficient (Wildman–Crippen LogP) is 1.57. The van der Waals surface area contributed by atoms with Crippen LogP contribution in [0.3, 0.4) is 0 Å².